The summed E-state index contributed by atoms with van der Waals surface area (Å²) < 4.78 is 1.66. The van der Waals surface area contributed by atoms with Crippen LogP contribution in [0.3, 0.4) is 0 Å². The third-order valence-electron chi connectivity index (χ3n) is 2.67. The standard InChI is InChI=1S/C14H19N5O/c1-10(2)16-14(20)11-5-4-6-12(7-11)15-8-13-9-19(3)18-17-13/h4-7,9-10,15H,8H2,1-3H3,(H,16,20). The number of benzene rings is 1. The van der Waals surface area contributed by atoms with Crippen molar-refractivity contribution in [1.29, 1.82) is 0 Å². The molecule has 0 saturated heterocycles. The molecule has 2 N–H and O–H groups in total. The average Bonchev–Trinajstić information content (AvgIpc) is 2.82. The van der Waals surface area contributed by atoms with Gasteiger partial charge in [0, 0.05) is 30.5 Å². The minimum Gasteiger partial charge on any atom is -0.379 e. The van der Waals surface area contributed by atoms with Gasteiger partial charge in [-0.1, -0.05) is 11.3 Å². The topological polar surface area (TPSA) is 71.8 Å². The Bertz CT molecular complexity index is 591. The summed E-state index contributed by atoms with van der Waals surface area (Å²) in [5.74, 6) is -0.0665. The molecule has 0 radical (unpaired) electrons. The molecule has 2 rings (SSSR count). The first kappa shape index (κ1) is 14.0. The van der Waals surface area contributed by atoms with E-state index in [9.17, 15) is 4.79 Å². The first-order valence-corrected chi connectivity index (χ1v) is 6.54. The van der Waals surface area contributed by atoms with E-state index in [0.29, 0.717) is 12.1 Å². The first-order chi connectivity index (χ1) is 9.54. The summed E-state index contributed by atoms with van der Waals surface area (Å²) in [5.41, 5.74) is 2.37. The molecule has 1 aromatic heterocycles. The predicted molar refractivity (Wildman–Crippen MR) is 77.4 cm³/mol. The Hall–Kier alpha value is -2.37. The summed E-state index contributed by atoms with van der Waals surface area (Å²) in [7, 11) is 1.83. The fourth-order valence-corrected chi connectivity index (χ4v) is 1.78. The van der Waals surface area contributed by atoms with Crippen LogP contribution in [-0.4, -0.2) is 26.9 Å². The van der Waals surface area contributed by atoms with E-state index in [4.69, 9.17) is 0 Å². The number of nitrogens with one attached hydrogen (secondary N) is 2. The number of aryl methyl sites for hydroxylation is 1. The summed E-state index contributed by atoms with van der Waals surface area (Å²) in [5, 5.41) is 14.0. The number of rotatable bonds is 5. The van der Waals surface area contributed by atoms with Crippen LogP contribution in [-0.2, 0) is 13.6 Å². The molecule has 0 aliphatic heterocycles. The average molecular weight is 273 g/mol. The van der Waals surface area contributed by atoms with Crippen molar-refractivity contribution in [3.63, 3.8) is 0 Å². The van der Waals surface area contributed by atoms with Crippen LogP contribution in [0.15, 0.2) is 30.5 Å². The SMILES string of the molecule is CC(C)NC(=O)c1cccc(NCc2cn(C)nn2)c1. The number of amides is 1. The molecule has 0 bridgehead atoms. The number of hydrogen-bond acceptors (Lipinski definition) is 4. The molecule has 6 heteroatoms. The maximum Gasteiger partial charge on any atom is 0.251 e. The van der Waals surface area contributed by atoms with Crippen LogP contribution in [0.4, 0.5) is 5.69 Å². The van der Waals surface area contributed by atoms with Crippen molar-refractivity contribution in [1.82, 2.24) is 20.3 Å². The quantitative estimate of drug-likeness (QED) is 0.867. The third-order valence-corrected chi connectivity index (χ3v) is 2.67. The fraction of sp³-hybridized carbons (Fsp3) is 0.357. The Kier molecular flexibility index (Phi) is 4.34. The summed E-state index contributed by atoms with van der Waals surface area (Å²) in [6.07, 6.45) is 1.85. The number of anilines is 1. The van der Waals surface area contributed by atoms with Gasteiger partial charge in [-0.2, -0.15) is 0 Å². The van der Waals surface area contributed by atoms with Gasteiger partial charge in [0.1, 0.15) is 5.69 Å². The Morgan fingerprint density at radius 1 is 1.40 bits per heavy atom. The summed E-state index contributed by atoms with van der Waals surface area (Å²) in [4.78, 5) is 11.9. The van der Waals surface area contributed by atoms with Crippen LogP contribution in [0.25, 0.3) is 0 Å². The van der Waals surface area contributed by atoms with E-state index >= 15 is 0 Å². The molecule has 20 heavy (non-hydrogen) atoms. The van der Waals surface area contributed by atoms with Crippen molar-refractivity contribution in [2.24, 2.45) is 7.05 Å². The van der Waals surface area contributed by atoms with Gasteiger partial charge >= 0.3 is 0 Å². The summed E-state index contributed by atoms with van der Waals surface area (Å²) in [6.45, 7) is 4.45. The highest BCUT2D eigenvalue weighted by molar-refractivity contribution is 5.95. The number of hydrogen-bond donors (Lipinski definition) is 2. The second-order valence-corrected chi connectivity index (χ2v) is 4.95. The van der Waals surface area contributed by atoms with Gasteiger partial charge in [0.2, 0.25) is 0 Å². The number of aromatic nitrogens is 3. The van der Waals surface area contributed by atoms with Gasteiger partial charge in [-0.3, -0.25) is 9.48 Å². The molecule has 1 amide bonds. The second kappa shape index (κ2) is 6.18. The van der Waals surface area contributed by atoms with Crippen molar-refractivity contribution in [3.05, 3.63) is 41.7 Å². The highest BCUT2D eigenvalue weighted by Crippen LogP contribution is 2.11. The molecule has 0 fully saturated rings. The van der Waals surface area contributed by atoms with E-state index in [1.54, 1.807) is 10.7 Å². The van der Waals surface area contributed by atoms with Crippen LogP contribution in [0.2, 0.25) is 0 Å². The molecule has 106 valence electrons. The van der Waals surface area contributed by atoms with Crippen molar-refractivity contribution in [3.8, 4) is 0 Å². The second-order valence-electron chi connectivity index (χ2n) is 4.95. The fourth-order valence-electron chi connectivity index (χ4n) is 1.78. The lowest BCUT2D eigenvalue weighted by atomic mass is 10.1. The van der Waals surface area contributed by atoms with Crippen molar-refractivity contribution >= 4 is 11.6 Å². The van der Waals surface area contributed by atoms with Crippen LogP contribution >= 0.6 is 0 Å². The zero-order valence-electron chi connectivity index (χ0n) is 11.9. The van der Waals surface area contributed by atoms with Gasteiger partial charge in [0.05, 0.1) is 6.54 Å². The van der Waals surface area contributed by atoms with Crippen LogP contribution in [0.5, 0.6) is 0 Å². The summed E-state index contributed by atoms with van der Waals surface area (Å²) in [6, 6.07) is 7.52. The molecule has 1 aromatic carbocycles. The van der Waals surface area contributed by atoms with Gasteiger partial charge in [-0.05, 0) is 32.0 Å². The van der Waals surface area contributed by atoms with Gasteiger partial charge in [-0.15, -0.1) is 5.10 Å². The van der Waals surface area contributed by atoms with Crippen LogP contribution < -0.4 is 10.6 Å². The van der Waals surface area contributed by atoms with E-state index in [1.165, 1.54) is 0 Å². The molecule has 0 atom stereocenters. The number of nitrogens with zero attached hydrogens (tertiary/aromatic N) is 3. The number of carbonyl (C=O) groups is 1. The monoisotopic (exact) mass is 273 g/mol. The minimum atomic E-state index is -0.0665. The molecule has 0 saturated carbocycles. The molecular formula is C14H19N5O. The molecule has 0 unspecified atom stereocenters. The van der Waals surface area contributed by atoms with E-state index < -0.39 is 0 Å². The molecule has 1 heterocycles. The molecule has 0 aliphatic carbocycles. The van der Waals surface area contributed by atoms with Crippen LogP contribution in [0, 0.1) is 0 Å². The third kappa shape index (κ3) is 3.81. The maximum atomic E-state index is 11.9. The number of carbonyl (C=O) groups excluding carboxylic acids is 1. The normalized spacial score (nSPS) is 10.6. The molecular weight excluding hydrogens is 254 g/mol. The Morgan fingerprint density at radius 3 is 2.85 bits per heavy atom. The van der Waals surface area contributed by atoms with Gasteiger partial charge in [-0.25, -0.2) is 0 Å². The van der Waals surface area contributed by atoms with E-state index in [1.807, 2.05) is 45.3 Å². The molecule has 2 aromatic rings. The largest absolute Gasteiger partial charge is 0.379 e. The van der Waals surface area contributed by atoms with E-state index in [2.05, 4.69) is 20.9 Å². The molecule has 0 aliphatic rings. The van der Waals surface area contributed by atoms with E-state index in [0.717, 1.165) is 11.4 Å². The highest BCUT2D eigenvalue weighted by Gasteiger charge is 2.07. The zero-order chi connectivity index (χ0) is 14.5. The van der Waals surface area contributed by atoms with Crippen LogP contribution in [0.1, 0.15) is 29.9 Å². The smallest absolute Gasteiger partial charge is 0.251 e. The Morgan fingerprint density at radius 2 is 2.20 bits per heavy atom. The van der Waals surface area contributed by atoms with Gasteiger partial charge in [0.25, 0.3) is 5.91 Å². The van der Waals surface area contributed by atoms with E-state index in [-0.39, 0.29) is 11.9 Å². The highest BCUT2D eigenvalue weighted by atomic mass is 16.1. The zero-order valence-corrected chi connectivity index (χ0v) is 11.9. The van der Waals surface area contributed by atoms with Crippen molar-refractivity contribution in [2.45, 2.75) is 26.4 Å². The molecule has 6 nitrogen and oxygen atoms in total. The minimum absolute atomic E-state index is 0.0665. The van der Waals surface area contributed by atoms with Crippen molar-refractivity contribution < 1.29 is 4.79 Å². The lowest BCUT2D eigenvalue weighted by molar-refractivity contribution is 0.0943. The Balaban J connectivity index is 2.00. The predicted octanol–water partition coefficient (Wildman–Crippen LogP) is 1.57. The Labute approximate surface area is 118 Å². The molecule has 0 spiro atoms. The van der Waals surface area contributed by atoms with Gasteiger partial charge in [0.15, 0.2) is 0 Å². The van der Waals surface area contributed by atoms with Gasteiger partial charge < -0.3 is 10.6 Å². The summed E-state index contributed by atoms with van der Waals surface area (Å²) >= 11 is 0. The van der Waals surface area contributed by atoms with Crippen molar-refractivity contribution in [2.75, 3.05) is 5.32 Å². The maximum absolute atomic E-state index is 11.9. The lowest BCUT2D eigenvalue weighted by Gasteiger charge is -2.10. The lowest BCUT2D eigenvalue weighted by Crippen LogP contribution is -2.30. The first-order valence-electron chi connectivity index (χ1n) is 6.54.